The predicted octanol–water partition coefficient (Wildman–Crippen LogP) is 2.33. The monoisotopic (exact) mass is 283 g/mol. The molecule has 0 radical (unpaired) electrons. The maximum atomic E-state index is 12.0. The van der Waals surface area contributed by atoms with E-state index < -0.39 is 4.92 Å². The van der Waals surface area contributed by atoms with Gasteiger partial charge in [-0.1, -0.05) is 18.0 Å². The first-order chi connectivity index (χ1) is 9.08. The quantitative estimate of drug-likeness (QED) is 0.659. The second kappa shape index (κ2) is 5.99. The number of carbonyl (C=O) groups excluding carboxylic acids is 1. The Kier molecular flexibility index (Phi) is 4.34. The van der Waals surface area contributed by atoms with Gasteiger partial charge < -0.3 is 10.6 Å². The van der Waals surface area contributed by atoms with Gasteiger partial charge >= 0.3 is 0 Å². The molecule has 1 amide bonds. The maximum absolute atomic E-state index is 12.0. The number of nitrogens with one attached hydrogen (secondary N) is 2. The summed E-state index contributed by atoms with van der Waals surface area (Å²) in [6.45, 7) is 0.792. The molecule has 2 rings (SSSR count). The number of hydrogen-bond acceptors (Lipinski definition) is 4. The molecular weight excluding hydrogens is 270 g/mol. The van der Waals surface area contributed by atoms with Crippen LogP contribution in [0.4, 0.5) is 11.4 Å². The molecule has 1 aromatic carbocycles. The average Bonchev–Trinajstić information content (AvgIpc) is 2.41. The Hall–Kier alpha value is -1.66. The predicted molar refractivity (Wildman–Crippen MR) is 72.4 cm³/mol. The first-order valence-corrected chi connectivity index (χ1v) is 6.44. The molecule has 102 valence electrons. The van der Waals surface area contributed by atoms with E-state index in [-0.39, 0.29) is 28.3 Å². The van der Waals surface area contributed by atoms with E-state index in [1.54, 1.807) is 0 Å². The van der Waals surface area contributed by atoms with Crippen molar-refractivity contribution in [2.75, 3.05) is 11.9 Å². The highest BCUT2D eigenvalue weighted by Crippen LogP contribution is 2.28. The van der Waals surface area contributed by atoms with Gasteiger partial charge in [0.15, 0.2) is 0 Å². The van der Waals surface area contributed by atoms with Crippen LogP contribution in [-0.4, -0.2) is 23.4 Å². The molecule has 1 fully saturated rings. The molecule has 2 N–H and O–H groups in total. The highest BCUT2D eigenvalue weighted by molar-refractivity contribution is 6.31. The van der Waals surface area contributed by atoms with Gasteiger partial charge in [0, 0.05) is 11.1 Å². The van der Waals surface area contributed by atoms with Gasteiger partial charge in [0.05, 0.1) is 11.0 Å². The summed E-state index contributed by atoms with van der Waals surface area (Å²) in [5.41, 5.74) is -0.0246. The Balaban J connectivity index is 2.13. The number of nitrogens with zero attached hydrogens (tertiary/aromatic N) is 1. The zero-order valence-corrected chi connectivity index (χ0v) is 10.9. The number of piperidine rings is 1. The van der Waals surface area contributed by atoms with Crippen molar-refractivity contribution >= 4 is 28.9 Å². The lowest BCUT2D eigenvalue weighted by Gasteiger charge is -2.22. The van der Waals surface area contributed by atoms with Gasteiger partial charge in [-0.25, -0.2) is 0 Å². The molecule has 1 atom stereocenters. The van der Waals surface area contributed by atoms with Gasteiger partial charge in [0.1, 0.15) is 5.69 Å². The van der Waals surface area contributed by atoms with Gasteiger partial charge in [0.25, 0.3) is 5.69 Å². The molecule has 0 spiro atoms. The Bertz CT molecular complexity index is 501. The summed E-state index contributed by atoms with van der Waals surface area (Å²) in [7, 11) is 0. The molecule has 0 aromatic heterocycles. The lowest BCUT2D eigenvalue weighted by molar-refractivity contribution is -0.383. The maximum Gasteiger partial charge on any atom is 0.294 e. The number of benzene rings is 1. The summed E-state index contributed by atoms with van der Waals surface area (Å²) >= 11 is 5.72. The Morgan fingerprint density at radius 3 is 2.89 bits per heavy atom. The van der Waals surface area contributed by atoms with Gasteiger partial charge in [-0.05, 0) is 31.5 Å². The smallest absolute Gasteiger partial charge is 0.294 e. The van der Waals surface area contributed by atoms with Crippen molar-refractivity contribution in [2.24, 2.45) is 0 Å². The SMILES string of the molecule is O=C(Nc1ccc(Cl)cc1[N+](=O)[O-])[C@H]1CCCCN1. The van der Waals surface area contributed by atoms with Gasteiger partial charge in [-0.2, -0.15) is 0 Å². The zero-order chi connectivity index (χ0) is 13.8. The molecule has 0 bridgehead atoms. The molecule has 1 saturated heterocycles. The molecule has 1 aromatic rings. The van der Waals surface area contributed by atoms with Crippen LogP contribution in [0.25, 0.3) is 0 Å². The zero-order valence-electron chi connectivity index (χ0n) is 10.2. The number of carbonyl (C=O) groups is 1. The van der Waals surface area contributed by atoms with E-state index in [2.05, 4.69) is 10.6 Å². The van der Waals surface area contributed by atoms with Crippen LogP contribution in [0.2, 0.25) is 5.02 Å². The van der Waals surface area contributed by atoms with Crippen molar-refractivity contribution in [1.82, 2.24) is 5.32 Å². The van der Waals surface area contributed by atoms with E-state index in [9.17, 15) is 14.9 Å². The summed E-state index contributed by atoms with van der Waals surface area (Å²) in [5.74, 6) is -0.245. The molecule has 1 aliphatic rings. The third kappa shape index (κ3) is 3.42. The van der Waals surface area contributed by atoms with E-state index in [1.807, 2.05) is 0 Å². The summed E-state index contributed by atoms with van der Waals surface area (Å²) in [6.07, 6.45) is 2.77. The van der Waals surface area contributed by atoms with Gasteiger partial charge in [-0.3, -0.25) is 14.9 Å². The average molecular weight is 284 g/mol. The number of nitro groups is 1. The standard InChI is InChI=1S/C12H14ClN3O3/c13-8-4-5-9(11(7-8)16(18)19)15-12(17)10-3-1-2-6-14-10/h4-5,7,10,14H,1-3,6H2,(H,15,17)/t10-/m1/s1. The summed E-state index contributed by atoms with van der Waals surface area (Å²) in [6, 6.07) is 3.90. The molecule has 1 aliphatic heterocycles. The number of nitro benzene ring substituents is 1. The van der Waals surface area contributed by atoms with Crippen LogP contribution in [0.15, 0.2) is 18.2 Å². The highest BCUT2D eigenvalue weighted by Gasteiger charge is 2.23. The molecule has 0 unspecified atom stereocenters. The summed E-state index contributed by atoms with van der Waals surface area (Å²) < 4.78 is 0. The van der Waals surface area contributed by atoms with E-state index in [1.165, 1.54) is 18.2 Å². The van der Waals surface area contributed by atoms with Crippen LogP contribution in [0, 0.1) is 10.1 Å². The fourth-order valence-electron chi connectivity index (χ4n) is 2.06. The minimum absolute atomic E-state index is 0.173. The van der Waals surface area contributed by atoms with Crippen molar-refractivity contribution in [3.8, 4) is 0 Å². The third-order valence-electron chi connectivity index (χ3n) is 3.04. The van der Waals surface area contributed by atoms with Crippen molar-refractivity contribution < 1.29 is 9.72 Å². The number of amides is 1. The summed E-state index contributed by atoms with van der Waals surface area (Å²) in [5, 5.41) is 16.9. The first kappa shape index (κ1) is 13.8. The molecule has 0 saturated carbocycles. The van der Waals surface area contributed by atoms with Crippen LogP contribution in [-0.2, 0) is 4.79 Å². The Morgan fingerprint density at radius 2 is 2.26 bits per heavy atom. The Morgan fingerprint density at radius 1 is 1.47 bits per heavy atom. The molecule has 0 aliphatic carbocycles. The topological polar surface area (TPSA) is 84.3 Å². The minimum Gasteiger partial charge on any atom is -0.319 e. The fourth-order valence-corrected chi connectivity index (χ4v) is 2.22. The fraction of sp³-hybridized carbons (Fsp3) is 0.417. The number of rotatable bonds is 3. The highest BCUT2D eigenvalue weighted by atomic mass is 35.5. The molecule has 6 nitrogen and oxygen atoms in total. The van der Waals surface area contributed by atoms with Crippen LogP contribution < -0.4 is 10.6 Å². The van der Waals surface area contributed by atoms with Gasteiger partial charge in [-0.15, -0.1) is 0 Å². The lowest BCUT2D eigenvalue weighted by Crippen LogP contribution is -2.43. The summed E-state index contributed by atoms with van der Waals surface area (Å²) in [4.78, 5) is 22.4. The molecule has 1 heterocycles. The minimum atomic E-state index is -0.560. The van der Waals surface area contributed by atoms with Crippen LogP contribution in [0.1, 0.15) is 19.3 Å². The van der Waals surface area contributed by atoms with Gasteiger partial charge in [0.2, 0.25) is 5.91 Å². The van der Waals surface area contributed by atoms with Crippen LogP contribution >= 0.6 is 11.6 Å². The molecular formula is C12H14ClN3O3. The molecule has 19 heavy (non-hydrogen) atoms. The lowest BCUT2D eigenvalue weighted by atomic mass is 10.0. The Labute approximate surface area is 115 Å². The van der Waals surface area contributed by atoms with E-state index in [4.69, 9.17) is 11.6 Å². The van der Waals surface area contributed by atoms with Crippen molar-refractivity contribution in [1.29, 1.82) is 0 Å². The second-order valence-electron chi connectivity index (χ2n) is 4.41. The van der Waals surface area contributed by atoms with Crippen molar-refractivity contribution in [3.63, 3.8) is 0 Å². The van der Waals surface area contributed by atoms with E-state index in [0.717, 1.165) is 25.8 Å². The van der Waals surface area contributed by atoms with E-state index >= 15 is 0 Å². The normalized spacial score (nSPS) is 18.9. The third-order valence-corrected chi connectivity index (χ3v) is 3.28. The van der Waals surface area contributed by atoms with Crippen LogP contribution in [0.5, 0.6) is 0 Å². The number of halogens is 1. The number of anilines is 1. The van der Waals surface area contributed by atoms with Crippen molar-refractivity contribution in [3.05, 3.63) is 33.3 Å². The first-order valence-electron chi connectivity index (χ1n) is 6.06. The largest absolute Gasteiger partial charge is 0.319 e. The number of hydrogen-bond donors (Lipinski definition) is 2. The molecule has 7 heteroatoms. The second-order valence-corrected chi connectivity index (χ2v) is 4.85. The van der Waals surface area contributed by atoms with Crippen molar-refractivity contribution in [2.45, 2.75) is 25.3 Å². The van der Waals surface area contributed by atoms with E-state index in [0.29, 0.717) is 0 Å². The van der Waals surface area contributed by atoms with Crippen LogP contribution in [0.3, 0.4) is 0 Å².